The van der Waals surface area contributed by atoms with E-state index in [0.717, 1.165) is 74.1 Å². The molecule has 0 spiro atoms. The zero-order valence-corrected chi connectivity index (χ0v) is 16.0. The van der Waals surface area contributed by atoms with Crippen molar-refractivity contribution < 1.29 is 19.3 Å². The van der Waals surface area contributed by atoms with E-state index in [1.54, 1.807) is 13.2 Å². The summed E-state index contributed by atoms with van der Waals surface area (Å²) in [5, 5.41) is 12.8. The van der Waals surface area contributed by atoms with E-state index in [0.29, 0.717) is 12.3 Å². The van der Waals surface area contributed by atoms with Gasteiger partial charge in [0, 0.05) is 38.4 Å². The van der Waals surface area contributed by atoms with Crippen molar-refractivity contribution in [1.82, 2.24) is 4.90 Å². The van der Waals surface area contributed by atoms with Gasteiger partial charge in [0.05, 0.1) is 19.3 Å². The molecule has 2 heterocycles. The van der Waals surface area contributed by atoms with Gasteiger partial charge in [0.1, 0.15) is 11.5 Å². The van der Waals surface area contributed by atoms with Gasteiger partial charge in [-0.1, -0.05) is 12.1 Å². The molecule has 146 valence electrons. The molecular weight excluding hydrogens is 342 g/mol. The minimum Gasteiger partial charge on any atom is -0.508 e. The number of nitrogens with zero attached hydrogens (tertiary/aromatic N) is 1. The van der Waals surface area contributed by atoms with Gasteiger partial charge < -0.3 is 19.3 Å². The zero-order valence-electron chi connectivity index (χ0n) is 16.0. The fourth-order valence-electron chi connectivity index (χ4n) is 4.22. The third-order valence-corrected chi connectivity index (χ3v) is 5.67. The smallest absolute Gasteiger partial charge is 0.120 e. The van der Waals surface area contributed by atoms with Crippen molar-refractivity contribution in [3.05, 3.63) is 35.9 Å². The zero-order chi connectivity index (χ0) is 18.6. The van der Waals surface area contributed by atoms with Gasteiger partial charge in [-0.05, 0) is 54.7 Å². The summed E-state index contributed by atoms with van der Waals surface area (Å²) in [4.78, 5) is 2.39. The number of phenolic OH excluding ortho intramolecular Hbond substituents is 1. The van der Waals surface area contributed by atoms with Crippen LogP contribution in [-0.4, -0.2) is 55.6 Å². The SMILES string of the molecule is COc1ccc2ccc(O)c(CN(C[C@@H]3CCCO3)C[C@@H]3CCCO3)c2c1. The summed E-state index contributed by atoms with van der Waals surface area (Å²) in [5.74, 6) is 1.14. The van der Waals surface area contributed by atoms with Crippen molar-refractivity contribution in [2.24, 2.45) is 0 Å². The van der Waals surface area contributed by atoms with Crippen LogP contribution in [0.3, 0.4) is 0 Å². The van der Waals surface area contributed by atoms with E-state index in [-0.39, 0.29) is 12.2 Å². The van der Waals surface area contributed by atoms with E-state index in [2.05, 4.69) is 4.90 Å². The van der Waals surface area contributed by atoms with Gasteiger partial charge in [-0.3, -0.25) is 4.90 Å². The van der Waals surface area contributed by atoms with Gasteiger partial charge >= 0.3 is 0 Å². The van der Waals surface area contributed by atoms with E-state index in [4.69, 9.17) is 14.2 Å². The minimum atomic E-state index is 0.276. The van der Waals surface area contributed by atoms with Crippen LogP contribution in [0.4, 0.5) is 0 Å². The third kappa shape index (κ3) is 4.37. The van der Waals surface area contributed by atoms with Crippen molar-refractivity contribution in [1.29, 1.82) is 0 Å². The molecule has 2 aromatic carbocycles. The average molecular weight is 371 g/mol. The molecule has 0 aromatic heterocycles. The molecule has 0 aliphatic carbocycles. The molecule has 0 amide bonds. The number of hydrogen-bond donors (Lipinski definition) is 1. The first-order valence-electron chi connectivity index (χ1n) is 9.97. The summed E-state index contributed by atoms with van der Waals surface area (Å²) in [6, 6.07) is 9.76. The number of methoxy groups -OCH3 is 1. The van der Waals surface area contributed by atoms with Gasteiger partial charge in [-0.15, -0.1) is 0 Å². The maximum atomic E-state index is 10.6. The highest BCUT2D eigenvalue weighted by Gasteiger charge is 2.25. The first-order chi connectivity index (χ1) is 13.2. The Kier molecular flexibility index (Phi) is 5.81. The fraction of sp³-hybridized carbons (Fsp3) is 0.545. The number of benzene rings is 2. The quantitative estimate of drug-likeness (QED) is 0.804. The topological polar surface area (TPSA) is 51.2 Å². The molecule has 0 radical (unpaired) electrons. The predicted molar refractivity (Wildman–Crippen MR) is 105 cm³/mol. The third-order valence-electron chi connectivity index (χ3n) is 5.67. The fourth-order valence-corrected chi connectivity index (χ4v) is 4.22. The highest BCUT2D eigenvalue weighted by molar-refractivity contribution is 5.88. The van der Waals surface area contributed by atoms with E-state index < -0.39 is 0 Å². The highest BCUT2D eigenvalue weighted by atomic mass is 16.5. The van der Waals surface area contributed by atoms with E-state index in [1.807, 2.05) is 24.3 Å². The van der Waals surface area contributed by atoms with Crippen molar-refractivity contribution in [2.45, 2.75) is 44.4 Å². The second-order valence-electron chi connectivity index (χ2n) is 7.61. The average Bonchev–Trinajstić information content (AvgIpc) is 3.38. The van der Waals surface area contributed by atoms with E-state index in [9.17, 15) is 5.11 Å². The first kappa shape index (κ1) is 18.5. The van der Waals surface area contributed by atoms with Crippen molar-refractivity contribution >= 4 is 10.8 Å². The molecule has 27 heavy (non-hydrogen) atoms. The highest BCUT2D eigenvalue weighted by Crippen LogP contribution is 2.32. The number of phenols is 1. The summed E-state index contributed by atoms with van der Waals surface area (Å²) < 4.78 is 17.2. The lowest BCUT2D eigenvalue weighted by atomic mass is 10.0. The molecule has 2 atom stereocenters. The molecular formula is C22H29NO4. The molecule has 2 aliphatic heterocycles. The molecule has 5 heteroatoms. The Bertz CT molecular complexity index is 748. The van der Waals surface area contributed by atoms with Crippen LogP contribution >= 0.6 is 0 Å². The largest absolute Gasteiger partial charge is 0.508 e. The van der Waals surface area contributed by atoms with Crippen LogP contribution in [0.25, 0.3) is 10.8 Å². The Hall–Kier alpha value is -1.82. The lowest BCUT2D eigenvalue weighted by molar-refractivity contribution is 0.0344. The van der Waals surface area contributed by atoms with Gasteiger partial charge in [-0.2, -0.15) is 0 Å². The first-order valence-corrected chi connectivity index (χ1v) is 9.97. The summed E-state index contributed by atoms with van der Waals surface area (Å²) in [7, 11) is 1.67. The number of hydrogen-bond acceptors (Lipinski definition) is 5. The Morgan fingerprint density at radius 1 is 1.04 bits per heavy atom. The molecule has 4 rings (SSSR count). The Balaban J connectivity index is 1.61. The van der Waals surface area contributed by atoms with E-state index >= 15 is 0 Å². The number of fused-ring (bicyclic) bond motifs is 1. The van der Waals surface area contributed by atoms with Crippen LogP contribution in [-0.2, 0) is 16.0 Å². The summed E-state index contributed by atoms with van der Waals surface area (Å²) >= 11 is 0. The maximum Gasteiger partial charge on any atom is 0.120 e. The summed E-state index contributed by atoms with van der Waals surface area (Å²) in [6.07, 6.45) is 5.04. The van der Waals surface area contributed by atoms with E-state index in [1.165, 1.54) is 0 Å². The van der Waals surface area contributed by atoms with Crippen LogP contribution in [0.2, 0.25) is 0 Å². The lowest BCUT2D eigenvalue weighted by Gasteiger charge is -2.28. The standard InChI is InChI=1S/C22H29NO4/c1-25-17-8-6-16-7-9-22(24)21(20(16)12-17)15-23(13-18-4-2-10-26-18)14-19-5-3-11-27-19/h6-9,12,18-19,24H,2-5,10-11,13-15H2,1H3/t18-,19-/m0/s1. The molecule has 2 saturated heterocycles. The Morgan fingerprint density at radius 3 is 2.30 bits per heavy atom. The van der Waals surface area contributed by atoms with Crippen LogP contribution in [0.5, 0.6) is 11.5 Å². The lowest BCUT2D eigenvalue weighted by Crippen LogP contribution is -2.37. The molecule has 0 unspecified atom stereocenters. The van der Waals surface area contributed by atoms with Crippen molar-refractivity contribution in [2.75, 3.05) is 33.4 Å². The molecule has 0 saturated carbocycles. The maximum absolute atomic E-state index is 10.6. The van der Waals surface area contributed by atoms with Crippen LogP contribution in [0.15, 0.2) is 30.3 Å². The monoisotopic (exact) mass is 371 g/mol. The molecule has 2 aromatic rings. The normalized spacial score (nSPS) is 22.7. The van der Waals surface area contributed by atoms with Crippen molar-refractivity contribution in [3.8, 4) is 11.5 Å². The van der Waals surface area contributed by atoms with Crippen LogP contribution < -0.4 is 4.74 Å². The Morgan fingerprint density at radius 2 is 1.70 bits per heavy atom. The predicted octanol–water partition coefficient (Wildman–Crippen LogP) is 3.71. The molecule has 2 aliphatic rings. The van der Waals surface area contributed by atoms with Crippen LogP contribution in [0.1, 0.15) is 31.2 Å². The van der Waals surface area contributed by atoms with Crippen molar-refractivity contribution in [3.63, 3.8) is 0 Å². The second-order valence-corrected chi connectivity index (χ2v) is 7.61. The molecule has 1 N–H and O–H groups in total. The van der Waals surface area contributed by atoms with Crippen LogP contribution in [0, 0.1) is 0 Å². The number of aromatic hydroxyl groups is 1. The number of rotatable bonds is 7. The van der Waals surface area contributed by atoms with Gasteiger partial charge in [-0.25, -0.2) is 0 Å². The van der Waals surface area contributed by atoms with Gasteiger partial charge in [0.25, 0.3) is 0 Å². The van der Waals surface area contributed by atoms with Gasteiger partial charge in [0.2, 0.25) is 0 Å². The minimum absolute atomic E-state index is 0.276. The summed E-state index contributed by atoms with van der Waals surface area (Å²) in [6.45, 7) is 4.14. The second kappa shape index (κ2) is 8.46. The molecule has 0 bridgehead atoms. The molecule has 2 fully saturated rings. The van der Waals surface area contributed by atoms with Gasteiger partial charge in [0.15, 0.2) is 0 Å². The molecule has 5 nitrogen and oxygen atoms in total. The Labute approximate surface area is 160 Å². The summed E-state index contributed by atoms with van der Waals surface area (Å²) in [5.41, 5.74) is 0.947. The number of ether oxygens (including phenoxy) is 3.